The minimum absolute atomic E-state index is 0.183. The number of carboxylic acid groups (broad SMARTS) is 2. The molecular formula is C24H18O4. The van der Waals surface area contributed by atoms with E-state index < -0.39 is 11.9 Å². The predicted octanol–water partition coefficient (Wildman–Crippen LogP) is 5.70. The molecule has 138 valence electrons. The second kappa shape index (κ2) is 7.76. The van der Waals surface area contributed by atoms with Gasteiger partial charge in [0.2, 0.25) is 0 Å². The van der Waals surface area contributed by atoms with Crippen LogP contribution < -0.4 is 0 Å². The molecule has 0 fully saturated rings. The molecule has 0 atom stereocenters. The molecule has 0 spiro atoms. The summed E-state index contributed by atoms with van der Waals surface area (Å²) in [6, 6.07) is 17.2. The highest BCUT2D eigenvalue weighted by Crippen LogP contribution is 2.33. The lowest BCUT2D eigenvalue weighted by Crippen LogP contribution is -2.02. The van der Waals surface area contributed by atoms with Gasteiger partial charge < -0.3 is 10.2 Å². The van der Waals surface area contributed by atoms with Gasteiger partial charge in [0.15, 0.2) is 0 Å². The zero-order valence-corrected chi connectivity index (χ0v) is 15.1. The lowest BCUT2D eigenvalue weighted by molar-refractivity contribution is 0.0687. The zero-order valence-electron chi connectivity index (χ0n) is 15.1. The van der Waals surface area contributed by atoms with E-state index in [-0.39, 0.29) is 11.1 Å². The van der Waals surface area contributed by atoms with E-state index in [1.807, 2.05) is 0 Å². The van der Waals surface area contributed by atoms with Gasteiger partial charge in [0.05, 0.1) is 11.1 Å². The van der Waals surface area contributed by atoms with Crippen molar-refractivity contribution in [3.8, 4) is 22.3 Å². The summed E-state index contributed by atoms with van der Waals surface area (Å²) >= 11 is 0. The van der Waals surface area contributed by atoms with Crippen molar-refractivity contribution in [2.75, 3.05) is 0 Å². The molecule has 0 bridgehead atoms. The van der Waals surface area contributed by atoms with Gasteiger partial charge in [-0.25, -0.2) is 9.59 Å². The normalized spacial score (nSPS) is 10.3. The van der Waals surface area contributed by atoms with Crippen LogP contribution in [-0.2, 0) is 0 Å². The van der Waals surface area contributed by atoms with Gasteiger partial charge in [-0.15, -0.1) is 0 Å². The number of carboxylic acids is 2. The van der Waals surface area contributed by atoms with Crippen LogP contribution in [0.5, 0.6) is 0 Å². The summed E-state index contributed by atoms with van der Waals surface area (Å²) in [6.07, 6.45) is 3.23. The Balaban J connectivity index is 2.18. The Morgan fingerprint density at radius 2 is 1.00 bits per heavy atom. The molecule has 3 rings (SSSR count). The first-order valence-electron chi connectivity index (χ1n) is 8.56. The standard InChI is InChI=1S/C24H18O4/c1-3-15-7-5-9-19(23(25)26)21(15)17-11-13-18(14-12-17)22-16(4-2)8-6-10-20(22)24(27)28/h3-14H,1-2H2,(H,25,26)(H,27,28). The molecule has 0 saturated heterocycles. The molecule has 0 aliphatic rings. The van der Waals surface area contributed by atoms with Crippen molar-refractivity contribution in [1.29, 1.82) is 0 Å². The van der Waals surface area contributed by atoms with Crippen LogP contribution in [0.3, 0.4) is 0 Å². The van der Waals surface area contributed by atoms with Crippen LogP contribution in [0.25, 0.3) is 34.4 Å². The van der Waals surface area contributed by atoms with Gasteiger partial charge in [-0.1, -0.05) is 73.8 Å². The van der Waals surface area contributed by atoms with Crippen molar-refractivity contribution in [1.82, 2.24) is 0 Å². The number of hydrogen-bond donors (Lipinski definition) is 2. The van der Waals surface area contributed by atoms with Crippen LogP contribution >= 0.6 is 0 Å². The minimum atomic E-state index is -1.02. The van der Waals surface area contributed by atoms with Crippen molar-refractivity contribution in [2.24, 2.45) is 0 Å². The smallest absolute Gasteiger partial charge is 0.336 e. The summed E-state index contributed by atoms with van der Waals surface area (Å²) < 4.78 is 0. The quantitative estimate of drug-likeness (QED) is 0.583. The SMILES string of the molecule is C=Cc1cccc(C(=O)O)c1-c1ccc(-c2c(C=C)cccc2C(=O)O)cc1. The average Bonchev–Trinajstić information content (AvgIpc) is 2.72. The Morgan fingerprint density at radius 1 is 0.643 bits per heavy atom. The van der Waals surface area contributed by atoms with Crippen LogP contribution in [0.15, 0.2) is 73.8 Å². The van der Waals surface area contributed by atoms with Crippen molar-refractivity contribution in [2.45, 2.75) is 0 Å². The molecule has 0 unspecified atom stereocenters. The summed E-state index contributed by atoms with van der Waals surface area (Å²) in [5.74, 6) is -2.04. The zero-order chi connectivity index (χ0) is 20.3. The van der Waals surface area contributed by atoms with E-state index >= 15 is 0 Å². The summed E-state index contributed by atoms with van der Waals surface area (Å²) in [5.41, 5.74) is 4.37. The molecule has 3 aromatic rings. The molecule has 0 aliphatic heterocycles. The third kappa shape index (κ3) is 3.35. The van der Waals surface area contributed by atoms with Gasteiger partial charge in [-0.05, 0) is 34.4 Å². The number of benzene rings is 3. The van der Waals surface area contributed by atoms with Gasteiger partial charge >= 0.3 is 11.9 Å². The lowest BCUT2D eigenvalue weighted by atomic mass is 9.90. The van der Waals surface area contributed by atoms with E-state index in [9.17, 15) is 19.8 Å². The first-order chi connectivity index (χ1) is 13.5. The number of aromatic carboxylic acids is 2. The Bertz CT molecular complexity index is 1000. The van der Waals surface area contributed by atoms with Crippen LogP contribution in [0.2, 0.25) is 0 Å². The van der Waals surface area contributed by atoms with E-state index in [4.69, 9.17) is 0 Å². The number of rotatable bonds is 6. The van der Waals surface area contributed by atoms with E-state index in [2.05, 4.69) is 13.2 Å². The molecule has 2 N–H and O–H groups in total. The van der Waals surface area contributed by atoms with E-state index in [1.165, 1.54) is 0 Å². The molecule has 4 nitrogen and oxygen atoms in total. The highest BCUT2D eigenvalue weighted by atomic mass is 16.4. The Morgan fingerprint density at radius 3 is 1.29 bits per heavy atom. The maximum absolute atomic E-state index is 11.6. The molecule has 4 heteroatoms. The molecule has 3 aromatic carbocycles. The fourth-order valence-electron chi connectivity index (χ4n) is 3.28. The van der Waals surface area contributed by atoms with E-state index in [0.717, 1.165) is 0 Å². The van der Waals surface area contributed by atoms with Crippen molar-refractivity contribution in [3.63, 3.8) is 0 Å². The highest BCUT2D eigenvalue weighted by molar-refractivity contribution is 6.00. The maximum Gasteiger partial charge on any atom is 0.336 e. The molecule has 0 heterocycles. The second-order valence-electron chi connectivity index (χ2n) is 6.14. The summed E-state index contributed by atoms with van der Waals surface area (Å²) in [5, 5.41) is 19.1. The average molecular weight is 370 g/mol. The first-order valence-corrected chi connectivity index (χ1v) is 8.56. The van der Waals surface area contributed by atoms with Crippen LogP contribution in [0, 0.1) is 0 Å². The third-order valence-electron chi connectivity index (χ3n) is 4.56. The molecule has 28 heavy (non-hydrogen) atoms. The monoisotopic (exact) mass is 370 g/mol. The molecule has 0 saturated carbocycles. The Kier molecular flexibility index (Phi) is 5.23. The fraction of sp³-hybridized carbons (Fsp3) is 0. The van der Waals surface area contributed by atoms with E-state index in [0.29, 0.717) is 33.4 Å². The van der Waals surface area contributed by atoms with Gasteiger partial charge in [0.1, 0.15) is 0 Å². The first kappa shape index (κ1) is 18.9. The van der Waals surface area contributed by atoms with Crippen LogP contribution in [0.1, 0.15) is 31.8 Å². The van der Waals surface area contributed by atoms with Gasteiger partial charge in [0.25, 0.3) is 0 Å². The summed E-state index contributed by atoms with van der Waals surface area (Å²) in [7, 11) is 0. The minimum Gasteiger partial charge on any atom is -0.478 e. The number of carbonyl (C=O) groups is 2. The highest BCUT2D eigenvalue weighted by Gasteiger charge is 2.17. The maximum atomic E-state index is 11.6. The molecule has 0 aliphatic carbocycles. The summed E-state index contributed by atoms with van der Waals surface area (Å²) in [6.45, 7) is 7.53. The Labute approximate surface area is 162 Å². The molecule has 0 amide bonds. The van der Waals surface area contributed by atoms with Gasteiger partial charge in [-0.2, -0.15) is 0 Å². The van der Waals surface area contributed by atoms with Gasteiger partial charge in [-0.3, -0.25) is 0 Å². The van der Waals surface area contributed by atoms with Gasteiger partial charge in [0, 0.05) is 11.1 Å². The summed E-state index contributed by atoms with van der Waals surface area (Å²) in [4.78, 5) is 23.3. The van der Waals surface area contributed by atoms with Crippen molar-refractivity contribution < 1.29 is 19.8 Å². The van der Waals surface area contributed by atoms with Crippen LogP contribution in [-0.4, -0.2) is 22.2 Å². The van der Waals surface area contributed by atoms with Crippen LogP contribution in [0.4, 0.5) is 0 Å². The largest absolute Gasteiger partial charge is 0.478 e. The number of hydrogen-bond acceptors (Lipinski definition) is 2. The van der Waals surface area contributed by atoms with E-state index in [1.54, 1.807) is 72.8 Å². The molecular weight excluding hydrogens is 352 g/mol. The molecule has 0 aromatic heterocycles. The van der Waals surface area contributed by atoms with Crippen molar-refractivity contribution in [3.05, 3.63) is 96.1 Å². The second-order valence-corrected chi connectivity index (χ2v) is 6.14. The van der Waals surface area contributed by atoms with Crippen molar-refractivity contribution >= 4 is 24.1 Å². The molecule has 0 radical (unpaired) electrons. The predicted molar refractivity (Wildman–Crippen MR) is 111 cm³/mol. The Hall–Kier alpha value is -3.92. The third-order valence-corrected chi connectivity index (χ3v) is 4.56. The topological polar surface area (TPSA) is 74.6 Å². The lowest BCUT2D eigenvalue weighted by Gasteiger charge is -2.13. The fourth-order valence-corrected chi connectivity index (χ4v) is 3.28.